The van der Waals surface area contributed by atoms with E-state index in [1.807, 2.05) is 0 Å². The van der Waals surface area contributed by atoms with Crippen molar-refractivity contribution in [1.82, 2.24) is 9.88 Å². The van der Waals surface area contributed by atoms with Gasteiger partial charge in [0.05, 0.1) is 10.8 Å². The van der Waals surface area contributed by atoms with E-state index in [2.05, 4.69) is 4.98 Å². The van der Waals surface area contributed by atoms with E-state index in [-0.39, 0.29) is 23.6 Å². The number of para-hydroxylation sites is 1. The van der Waals surface area contributed by atoms with E-state index in [1.165, 1.54) is 23.5 Å². The van der Waals surface area contributed by atoms with Crippen molar-refractivity contribution in [2.45, 2.75) is 18.9 Å². The SMILES string of the molecule is O=C(c1ccc([N+](=O)[O-])o1)N1CCC(Oc2nc3c(F)cccc3s2)CC1. The smallest absolute Gasteiger partial charge is 0.433 e. The molecule has 0 radical (unpaired) electrons. The first kappa shape index (κ1) is 17.4. The zero-order chi connectivity index (χ0) is 19.0. The molecular weight excluding hydrogens is 377 g/mol. The number of hydrogen-bond donors (Lipinski definition) is 0. The summed E-state index contributed by atoms with van der Waals surface area (Å²) in [6.45, 7) is 0.856. The lowest BCUT2D eigenvalue weighted by Gasteiger charge is -2.30. The molecule has 3 aromatic rings. The normalized spacial score (nSPS) is 15.2. The van der Waals surface area contributed by atoms with Gasteiger partial charge in [-0.15, -0.1) is 0 Å². The first-order valence-electron chi connectivity index (χ1n) is 8.26. The fourth-order valence-corrected chi connectivity index (χ4v) is 3.86. The molecule has 1 amide bonds. The van der Waals surface area contributed by atoms with Gasteiger partial charge in [-0.25, -0.2) is 4.39 Å². The fraction of sp³-hybridized carbons (Fsp3) is 0.294. The maximum absolute atomic E-state index is 13.7. The largest absolute Gasteiger partial charge is 0.467 e. The average Bonchev–Trinajstić information content (AvgIpc) is 3.29. The summed E-state index contributed by atoms with van der Waals surface area (Å²) < 4.78 is 25.3. The van der Waals surface area contributed by atoms with Gasteiger partial charge in [0.1, 0.15) is 22.4 Å². The third-order valence-electron chi connectivity index (χ3n) is 4.33. The van der Waals surface area contributed by atoms with E-state index in [4.69, 9.17) is 9.15 Å². The van der Waals surface area contributed by atoms with Gasteiger partial charge in [-0.1, -0.05) is 17.4 Å². The number of carbonyl (C=O) groups is 1. The zero-order valence-corrected chi connectivity index (χ0v) is 14.8. The third-order valence-corrected chi connectivity index (χ3v) is 5.24. The molecule has 3 heterocycles. The number of hydrogen-bond acceptors (Lipinski definition) is 7. The van der Waals surface area contributed by atoms with Gasteiger partial charge in [-0.05, 0) is 18.2 Å². The van der Waals surface area contributed by atoms with E-state index >= 15 is 0 Å². The number of rotatable bonds is 4. The molecular formula is C17H14FN3O5S. The highest BCUT2D eigenvalue weighted by Gasteiger charge is 2.28. The number of furan rings is 1. The van der Waals surface area contributed by atoms with Gasteiger partial charge in [0.15, 0.2) is 5.76 Å². The van der Waals surface area contributed by atoms with Crippen LogP contribution in [0.1, 0.15) is 23.4 Å². The lowest BCUT2D eigenvalue weighted by molar-refractivity contribution is -0.402. The number of fused-ring (bicyclic) bond motifs is 1. The Morgan fingerprint density at radius 3 is 2.78 bits per heavy atom. The summed E-state index contributed by atoms with van der Waals surface area (Å²) in [5.41, 5.74) is 0.296. The minimum Gasteiger partial charge on any atom is -0.467 e. The standard InChI is InChI=1S/C17H14FN3O5S/c18-11-2-1-3-13-15(11)19-17(27-13)25-10-6-8-20(9-7-10)16(22)12-4-5-14(26-12)21(23)24/h1-5,10H,6-9H2. The van der Waals surface area contributed by atoms with Gasteiger partial charge in [0, 0.05) is 25.9 Å². The number of aromatic nitrogens is 1. The second kappa shape index (κ2) is 6.95. The molecule has 0 bridgehead atoms. The van der Waals surface area contributed by atoms with Gasteiger partial charge in [0.25, 0.3) is 11.1 Å². The molecule has 0 spiro atoms. The Kier molecular flexibility index (Phi) is 4.48. The Labute approximate surface area is 156 Å². The van der Waals surface area contributed by atoms with Gasteiger partial charge < -0.3 is 14.1 Å². The molecule has 27 heavy (non-hydrogen) atoms. The molecule has 1 fully saturated rings. The number of ether oxygens (including phenoxy) is 1. The van der Waals surface area contributed by atoms with E-state index < -0.39 is 10.8 Å². The van der Waals surface area contributed by atoms with Crippen molar-refractivity contribution >= 4 is 33.3 Å². The first-order chi connectivity index (χ1) is 13.0. The highest BCUT2D eigenvalue weighted by molar-refractivity contribution is 7.20. The number of nitro groups is 1. The highest BCUT2D eigenvalue weighted by atomic mass is 32.1. The molecule has 0 N–H and O–H groups in total. The first-order valence-corrected chi connectivity index (χ1v) is 9.08. The molecule has 1 aliphatic rings. The molecule has 1 aliphatic heterocycles. The van der Waals surface area contributed by atoms with Crippen LogP contribution in [0.2, 0.25) is 0 Å². The number of thiazole rings is 1. The zero-order valence-electron chi connectivity index (χ0n) is 14.0. The Hall–Kier alpha value is -3.01. The Morgan fingerprint density at radius 1 is 1.33 bits per heavy atom. The van der Waals surface area contributed by atoms with E-state index in [9.17, 15) is 19.3 Å². The van der Waals surface area contributed by atoms with Crippen LogP contribution in [0.5, 0.6) is 5.19 Å². The van der Waals surface area contributed by atoms with Crippen LogP contribution in [0.15, 0.2) is 34.7 Å². The minimum absolute atomic E-state index is 0.0530. The third kappa shape index (κ3) is 3.47. The second-order valence-electron chi connectivity index (χ2n) is 6.07. The Bertz CT molecular complexity index is 1010. The molecule has 140 valence electrons. The topological polar surface area (TPSA) is 98.7 Å². The second-order valence-corrected chi connectivity index (χ2v) is 7.06. The molecule has 8 nitrogen and oxygen atoms in total. The van der Waals surface area contributed by atoms with Crippen LogP contribution < -0.4 is 4.74 Å². The fourth-order valence-electron chi connectivity index (χ4n) is 2.96. The highest BCUT2D eigenvalue weighted by Crippen LogP contribution is 2.31. The maximum atomic E-state index is 13.7. The monoisotopic (exact) mass is 391 g/mol. The van der Waals surface area contributed by atoms with Crippen molar-refractivity contribution in [3.63, 3.8) is 0 Å². The lowest BCUT2D eigenvalue weighted by atomic mass is 10.1. The van der Waals surface area contributed by atoms with Gasteiger partial charge in [-0.3, -0.25) is 14.9 Å². The lowest BCUT2D eigenvalue weighted by Crippen LogP contribution is -2.41. The molecule has 4 rings (SSSR count). The van der Waals surface area contributed by atoms with Crippen LogP contribution in [-0.2, 0) is 0 Å². The number of halogens is 1. The van der Waals surface area contributed by atoms with Crippen LogP contribution in [0.3, 0.4) is 0 Å². The number of nitrogens with zero attached hydrogens (tertiary/aromatic N) is 3. The molecule has 1 saturated heterocycles. The number of carbonyl (C=O) groups excluding carboxylic acids is 1. The molecule has 0 aliphatic carbocycles. The molecule has 10 heteroatoms. The van der Waals surface area contributed by atoms with E-state index in [0.717, 1.165) is 10.8 Å². The van der Waals surface area contributed by atoms with E-state index in [0.29, 0.717) is 36.6 Å². The number of likely N-dealkylation sites (tertiary alicyclic amines) is 1. The molecule has 0 atom stereocenters. The van der Waals surface area contributed by atoms with Crippen LogP contribution in [0, 0.1) is 15.9 Å². The minimum atomic E-state index is -0.683. The number of piperidine rings is 1. The van der Waals surface area contributed by atoms with Crippen molar-refractivity contribution in [2.24, 2.45) is 0 Å². The van der Waals surface area contributed by atoms with Crippen molar-refractivity contribution in [1.29, 1.82) is 0 Å². The van der Waals surface area contributed by atoms with Crippen LogP contribution >= 0.6 is 11.3 Å². The Morgan fingerprint density at radius 2 is 2.11 bits per heavy atom. The van der Waals surface area contributed by atoms with Crippen molar-refractivity contribution in [2.75, 3.05) is 13.1 Å². The molecule has 1 aromatic carbocycles. The van der Waals surface area contributed by atoms with Crippen LogP contribution in [0.4, 0.5) is 10.3 Å². The van der Waals surface area contributed by atoms with Crippen LogP contribution in [0.25, 0.3) is 10.2 Å². The number of benzene rings is 1. The van der Waals surface area contributed by atoms with Gasteiger partial charge in [-0.2, -0.15) is 4.98 Å². The predicted octanol–water partition coefficient (Wildman–Crippen LogP) is 3.62. The van der Waals surface area contributed by atoms with Crippen molar-refractivity contribution in [3.05, 3.63) is 52.0 Å². The van der Waals surface area contributed by atoms with Gasteiger partial charge >= 0.3 is 5.88 Å². The molecule has 0 saturated carbocycles. The summed E-state index contributed by atoms with van der Waals surface area (Å²) in [5, 5.41) is 11.1. The summed E-state index contributed by atoms with van der Waals surface area (Å²) in [6.07, 6.45) is 1.02. The average molecular weight is 391 g/mol. The Balaban J connectivity index is 1.37. The predicted molar refractivity (Wildman–Crippen MR) is 94.5 cm³/mol. The summed E-state index contributed by atoms with van der Waals surface area (Å²) in [4.78, 5) is 28.1. The summed E-state index contributed by atoms with van der Waals surface area (Å²) in [5.74, 6) is -1.28. The maximum Gasteiger partial charge on any atom is 0.433 e. The number of amides is 1. The summed E-state index contributed by atoms with van der Waals surface area (Å²) >= 11 is 1.28. The molecule has 2 aromatic heterocycles. The molecule has 0 unspecified atom stereocenters. The summed E-state index contributed by atoms with van der Waals surface area (Å²) in [7, 11) is 0. The van der Waals surface area contributed by atoms with Crippen LogP contribution in [-0.4, -0.2) is 39.9 Å². The summed E-state index contributed by atoms with van der Waals surface area (Å²) in [6, 6.07) is 7.23. The van der Waals surface area contributed by atoms with E-state index in [1.54, 1.807) is 17.0 Å². The van der Waals surface area contributed by atoms with Crippen molar-refractivity contribution < 1.29 is 23.3 Å². The van der Waals surface area contributed by atoms with Gasteiger partial charge in [0.2, 0.25) is 0 Å². The van der Waals surface area contributed by atoms with Crippen molar-refractivity contribution in [3.8, 4) is 5.19 Å². The quantitative estimate of drug-likeness (QED) is 0.498.